The second-order valence-electron chi connectivity index (χ2n) is 6.89. The first-order valence-electron chi connectivity index (χ1n) is 8.74. The number of rotatable bonds is 6. The van der Waals surface area contributed by atoms with Crippen LogP contribution in [0.3, 0.4) is 0 Å². The number of nitrogens with one attached hydrogen (secondary N) is 2. The van der Waals surface area contributed by atoms with E-state index in [2.05, 4.69) is 10.6 Å². The zero-order valence-electron chi connectivity index (χ0n) is 15.5. The Morgan fingerprint density at radius 1 is 1.12 bits per heavy atom. The molecule has 2 rings (SSSR count). The largest absolute Gasteiger partial charge is 0.354 e. The zero-order valence-corrected chi connectivity index (χ0v) is 16.4. The monoisotopic (exact) mass is 381 g/mol. The molecule has 0 bridgehead atoms. The molecule has 0 saturated carbocycles. The van der Waals surface area contributed by atoms with E-state index in [9.17, 15) is 18.0 Å². The zero-order chi connectivity index (χ0) is 19.3. The highest BCUT2D eigenvalue weighted by Crippen LogP contribution is 2.18. The molecule has 0 unspecified atom stereocenters. The Morgan fingerprint density at radius 3 is 2.35 bits per heavy atom. The summed E-state index contributed by atoms with van der Waals surface area (Å²) < 4.78 is 24.4. The van der Waals surface area contributed by atoms with Gasteiger partial charge in [0.25, 0.3) is 5.91 Å². The van der Waals surface area contributed by atoms with Crippen molar-refractivity contribution in [3.8, 4) is 0 Å². The summed E-state index contributed by atoms with van der Waals surface area (Å²) in [6, 6.07) is 5.43. The van der Waals surface area contributed by atoms with Crippen molar-refractivity contribution < 1.29 is 18.0 Å². The summed E-state index contributed by atoms with van der Waals surface area (Å²) in [5.74, 6) is -0.259. The van der Waals surface area contributed by atoms with Crippen molar-refractivity contribution in [2.24, 2.45) is 5.92 Å². The molecular weight excluding hydrogens is 354 g/mol. The van der Waals surface area contributed by atoms with Crippen LogP contribution in [0.15, 0.2) is 18.2 Å². The van der Waals surface area contributed by atoms with E-state index in [1.807, 2.05) is 19.9 Å². The van der Waals surface area contributed by atoms with E-state index >= 15 is 0 Å². The first-order chi connectivity index (χ1) is 12.2. The van der Waals surface area contributed by atoms with Crippen LogP contribution in [0.5, 0.6) is 0 Å². The van der Waals surface area contributed by atoms with E-state index in [4.69, 9.17) is 0 Å². The summed E-state index contributed by atoms with van der Waals surface area (Å²) in [6.07, 6.45) is 2.66. The average molecular weight is 381 g/mol. The van der Waals surface area contributed by atoms with Gasteiger partial charge in [0.1, 0.15) is 0 Å². The molecule has 2 N–H and O–H groups in total. The molecule has 1 aliphatic heterocycles. The lowest BCUT2D eigenvalue weighted by Crippen LogP contribution is -2.43. The van der Waals surface area contributed by atoms with Gasteiger partial charge in [-0.1, -0.05) is 6.07 Å². The van der Waals surface area contributed by atoms with Gasteiger partial charge in [-0.3, -0.25) is 9.59 Å². The summed E-state index contributed by atoms with van der Waals surface area (Å²) in [5.41, 5.74) is 2.68. The molecule has 1 aromatic rings. The minimum absolute atomic E-state index is 0.0755. The SMILES string of the molecule is Cc1ccc(C(=O)NCC(=O)NCC2CCN(S(C)(=O)=O)CC2)cc1C. The van der Waals surface area contributed by atoms with Crippen molar-refractivity contribution in [1.82, 2.24) is 14.9 Å². The van der Waals surface area contributed by atoms with Crippen LogP contribution in [0.1, 0.15) is 34.3 Å². The number of hydrogen-bond donors (Lipinski definition) is 2. The number of hydrogen-bond acceptors (Lipinski definition) is 4. The highest BCUT2D eigenvalue weighted by atomic mass is 32.2. The minimum Gasteiger partial charge on any atom is -0.354 e. The van der Waals surface area contributed by atoms with Gasteiger partial charge in [-0.25, -0.2) is 12.7 Å². The van der Waals surface area contributed by atoms with E-state index in [1.165, 1.54) is 10.6 Å². The number of sulfonamides is 1. The molecule has 1 saturated heterocycles. The minimum atomic E-state index is -3.13. The fourth-order valence-corrected chi connectivity index (χ4v) is 3.79. The van der Waals surface area contributed by atoms with Gasteiger partial charge < -0.3 is 10.6 Å². The maximum atomic E-state index is 12.1. The van der Waals surface area contributed by atoms with Crippen molar-refractivity contribution in [3.63, 3.8) is 0 Å². The lowest BCUT2D eigenvalue weighted by atomic mass is 9.98. The number of benzene rings is 1. The molecule has 1 aromatic carbocycles. The quantitative estimate of drug-likeness (QED) is 0.763. The number of aryl methyl sites for hydroxylation is 2. The number of carbonyl (C=O) groups is 2. The average Bonchev–Trinajstić information content (AvgIpc) is 2.59. The van der Waals surface area contributed by atoms with Crippen molar-refractivity contribution in [2.75, 3.05) is 32.4 Å². The third-order valence-electron chi connectivity index (χ3n) is 4.81. The van der Waals surface area contributed by atoms with Crippen LogP contribution >= 0.6 is 0 Å². The molecule has 2 amide bonds. The van der Waals surface area contributed by atoms with Crippen molar-refractivity contribution >= 4 is 21.8 Å². The number of nitrogens with zero attached hydrogens (tertiary/aromatic N) is 1. The molecule has 8 heteroatoms. The van der Waals surface area contributed by atoms with Gasteiger partial charge in [-0.05, 0) is 55.9 Å². The van der Waals surface area contributed by atoms with Crippen LogP contribution in [0, 0.1) is 19.8 Å². The molecule has 26 heavy (non-hydrogen) atoms. The summed E-state index contributed by atoms with van der Waals surface area (Å²) in [7, 11) is -3.13. The molecule has 0 spiro atoms. The third-order valence-corrected chi connectivity index (χ3v) is 6.11. The van der Waals surface area contributed by atoms with E-state index in [1.54, 1.807) is 12.1 Å². The molecule has 1 heterocycles. The standard InChI is InChI=1S/C18H27N3O4S/c1-13-4-5-16(10-14(13)2)18(23)20-12-17(22)19-11-15-6-8-21(9-7-15)26(3,24)25/h4-5,10,15H,6-9,11-12H2,1-3H3,(H,19,22)(H,20,23). The van der Waals surface area contributed by atoms with E-state index < -0.39 is 10.0 Å². The smallest absolute Gasteiger partial charge is 0.251 e. The molecule has 0 radical (unpaired) electrons. The van der Waals surface area contributed by atoms with Gasteiger partial charge in [-0.2, -0.15) is 0 Å². The molecular formula is C18H27N3O4S. The highest BCUT2D eigenvalue weighted by molar-refractivity contribution is 7.88. The second-order valence-corrected chi connectivity index (χ2v) is 8.87. The van der Waals surface area contributed by atoms with Crippen LogP contribution in [-0.2, 0) is 14.8 Å². The van der Waals surface area contributed by atoms with Crippen LogP contribution in [0.2, 0.25) is 0 Å². The fraction of sp³-hybridized carbons (Fsp3) is 0.556. The Kier molecular flexibility index (Phi) is 6.77. The molecule has 1 fully saturated rings. The Bertz CT molecular complexity index is 769. The first kappa shape index (κ1) is 20.4. The van der Waals surface area contributed by atoms with Gasteiger partial charge in [0.2, 0.25) is 15.9 Å². The second kappa shape index (κ2) is 8.64. The maximum Gasteiger partial charge on any atom is 0.251 e. The normalized spacial score (nSPS) is 16.3. The number of amides is 2. The van der Waals surface area contributed by atoms with Crippen LogP contribution in [-0.4, -0.2) is 57.0 Å². The van der Waals surface area contributed by atoms with Crippen molar-refractivity contribution in [2.45, 2.75) is 26.7 Å². The van der Waals surface area contributed by atoms with Gasteiger partial charge in [-0.15, -0.1) is 0 Å². The van der Waals surface area contributed by atoms with E-state index in [-0.39, 0.29) is 24.3 Å². The number of carbonyl (C=O) groups excluding carboxylic acids is 2. The summed E-state index contributed by atoms with van der Waals surface area (Å²) in [5, 5.41) is 5.43. The van der Waals surface area contributed by atoms with Crippen LogP contribution in [0.4, 0.5) is 0 Å². The Hall–Kier alpha value is -1.93. The summed E-state index contributed by atoms with van der Waals surface area (Å²) in [6.45, 7) is 5.31. The summed E-state index contributed by atoms with van der Waals surface area (Å²) >= 11 is 0. The number of piperidine rings is 1. The van der Waals surface area contributed by atoms with Crippen molar-refractivity contribution in [3.05, 3.63) is 34.9 Å². The van der Waals surface area contributed by atoms with Crippen LogP contribution in [0.25, 0.3) is 0 Å². The Morgan fingerprint density at radius 2 is 1.77 bits per heavy atom. The molecule has 1 aliphatic rings. The fourth-order valence-electron chi connectivity index (χ4n) is 2.91. The van der Waals surface area contributed by atoms with Crippen LogP contribution < -0.4 is 10.6 Å². The third kappa shape index (κ3) is 5.81. The van der Waals surface area contributed by atoms with Gasteiger partial charge in [0.05, 0.1) is 12.8 Å². The lowest BCUT2D eigenvalue weighted by molar-refractivity contribution is -0.120. The predicted octanol–water partition coefficient (Wildman–Crippen LogP) is 0.821. The molecule has 7 nitrogen and oxygen atoms in total. The molecule has 0 aliphatic carbocycles. The Balaban J connectivity index is 1.71. The van der Waals surface area contributed by atoms with Gasteiger partial charge >= 0.3 is 0 Å². The van der Waals surface area contributed by atoms with Crippen molar-refractivity contribution in [1.29, 1.82) is 0 Å². The summed E-state index contributed by atoms with van der Waals surface area (Å²) in [4.78, 5) is 24.0. The van der Waals surface area contributed by atoms with Gasteiger partial charge in [0.15, 0.2) is 0 Å². The van der Waals surface area contributed by atoms with Gasteiger partial charge in [0, 0.05) is 25.2 Å². The van der Waals surface area contributed by atoms with E-state index in [0.717, 1.165) is 24.0 Å². The Labute approximate surface area is 155 Å². The lowest BCUT2D eigenvalue weighted by Gasteiger charge is -2.30. The highest BCUT2D eigenvalue weighted by Gasteiger charge is 2.25. The predicted molar refractivity (Wildman–Crippen MR) is 100 cm³/mol. The van der Waals surface area contributed by atoms with E-state index in [0.29, 0.717) is 25.2 Å². The molecule has 0 atom stereocenters. The molecule has 0 aromatic heterocycles. The maximum absolute atomic E-state index is 12.1. The first-order valence-corrected chi connectivity index (χ1v) is 10.6. The molecule has 144 valence electrons. The topological polar surface area (TPSA) is 95.6 Å².